The van der Waals surface area contributed by atoms with Gasteiger partial charge in [0.15, 0.2) is 5.96 Å². The number of nitrogens with two attached hydrogens (primary N) is 1. The Hall–Kier alpha value is -2.29. The van der Waals surface area contributed by atoms with Crippen molar-refractivity contribution in [2.45, 2.75) is 40.0 Å². The van der Waals surface area contributed by atoms with Crippen LogP contribution in [-0.2, 0) is 13.1 Å². The molecule has 0 aliphatic carbocycles. The third-order valence-corrected chi connectivity index (χ3v) is 3.95. The highest BCUT2D eigenvalue weighted by Gasteiger charge is 2.08. The molecule has 0 heterocycles. The summed E-state index contributed by atoms with van der Waals surface area (Å²) in [4.78, 5) is 15.4. The maximum Gasteiger partial charge on any atom is 0.248 e. The number of aliphatic imine (C=N–C) groups is 1. The molecule has 2 aromatic rings. The van der Waals surface area contributed by atoms with E-state index in [4.69, 9.17) is 10.5 Å². The van der Waals surface area contributed by atoms with E-state index in [2.05, 4.69) is 27.8 Å². The Balaban J connectivity index is 0.00000392. The molecule has 152 valence electrons. The molecule has 0 aliphatic rings. The molecular weight excluding hydrogens is 467 g/mol. The first-order valence-corrected chi connectivity index (χ1v) is 8.98. The average Bonchev–Trinajstić information content (AvgIpc) is 2.63. The van der Waals surface area contributed by atoms with Gasteiger partial charge >= 0.3 is 0 Å². The fourth-order valence-electron chi connectivity index (χ4n) is 2.54. The summed E-state index contributed by atoms with van der Waals surface area (Å²) >= 11 is 0. The Morgan fingerprint density at radius 1 is 1.11 bits per heavy atom. The van der Waals surface area contributed by atoms with Gasteiger partial charge in [-0.05, 0) is 50.1 Å². The van der Waals surface area contributed by atoms with E-state index in [-0.39, 0.29) is 30.1 Å². The van der Waals surface area contributed by atoms with Crippen LogP contribution in [0.1, 0.15) is 40.9 Å². The Morgan fingerprint density at radius 2 is 1.75 bits per heavy atom. The number of nitrogens with one attached hydrogen (secondary N) is 2. The summed E-state index contributed by atoms with van der Waals surface area (Å²) in [7, 11) is 1.73. The molecule has 0 unspecified atom stereocenters. The van der Waals surface area contributed by atoms with Crippen molar-refractivity contribution in [3.63, 3.8) is 0 Å². The van der Waals surface area contributed by atoms with Crippen LogP contribution in [0.3, 0.4) is 0 Å². The van der Waals surface area contributed by atoms with Gasteiger partial charge in [0.1, 0.15) is 5.75 Å². The summed E-state index contributed by atoms with van der Waals surface area (Å²) in [6, 6.07) is 13.4. The second kappa shape index (κ2) is 11.5. The maximum atomic E-state index is 11.1. The molecule has 0 aliphatic heterocycles. The van der Waals surface area contributed by atoms with Gasteiger partial charge in [-0.3, -0.25) is 9.79 Å². The number of carbonyl (C=O) groups excluding carboxylic acids is 1. The number of amides is 1. The first-order valence-electron chi connectivity index (χ1n) is 8.98. The number of aryl methyl sites for hydroxylation is 1. The molecule has 6 nitrogen and oxygen atoms in total. The highest BCUT2D eigenvalue weighted by atomic mass is 127. The molecule has 0 saturated carbocycles. The van der Waals surface area contributed by atoms with Crippen molar-refractivity contribution >= 4 is 35.8 Å². The van der Waals surface area contributed by atoms with Gasteiger partial charge in [-0.25, -0.2) is 0 Å². The lowest BCUT2D eigenvalue weighted by atomic mass is 10.1. The van der Waals surface area contributed by atoms with Crippen LogP contribution < -0.4 is 21.1 Å². The molecule has 0 radical (unpaired) electrons. The smallest absolute Gasteiger partial charge is 0.248 e. The maximum absolute atomic E-state index is 11.1. The zero-order chi connectivity index (χ0) is 19.8. The predicted octanol–water partition coefficient (Wildman–Crippen LogP) is 3.36. The lowest BCUT2D eigenvalue weighted by Gasteiger charge is -2.17. The van der Waals surface area contributed by atoms with Crippen LogP contribution in [0.25, 0.3) is 0 Å². The Bertz CT molecular complexity index is 805. The molecular formula is C21H29IN4O2. The standard InChI is InChI=1S/C21H28N4O2.HI/c1-14(2)27-19-11-15(3)5-8-18(19)13-25-21(23-4)24-12-16-6-9-17(10-7-16)20(22)26;/h5-11,14H,12-13H2,1-4H3,(H2,22,26)(H2,23,24,25);1H. The minimum Gasteiger partial charge on any atom is -0.491 e. The number of nitrogens with zero attached hydrogens (tertiary/aromatic N) is 1. The molecule has 0 atom stereocenters. The number of primary amides is 1. The second-order valence-electron chi connectivity index (χ2n) is 6.62. The molecule has 4 N–H and O–H groups in total. The normalized spacial score (nSPS) is 11.0. The molecule has 1 amide bonds. The number of carbonyl (C=O) groups is 1. The summed E-state index contributed by atoms with van der Waals surface area (Å²) in [5.74, 6) is 1.14. The van der Waals surface area contributed by atoms with E-state index >= 15 is 0 Å². The number of ether oxygens (including phenoxy) is 1. The van der Waals surface area contributed by atoms with Gasteiger partial charge in [0.25, 0.3) is 0 Å². The Morgan fingerprint density at radius 3 is 2.32 bits per heavy atom. The monoisotopic (exact) mass is 496 g/mol. The van der Waals surface area contributed by atoms with E-state index in [9.17, 15) is 4.79 Å². The number of hydrogen-bond donors (Lipinski definition) is 3. The largest absolute Gasteiger partial charge is 0.491 e. The van der Waals surface area contributed by atoms with Crippen LogP contribution in [0.4, 0.5) is 0 Å². The number of benzene rings is 2. The zero-order valence-corrected chi connectivity index (χ0v) is 19.1. The van der Waals surface area contributed by atoms with E-state index < -0.39 is 5.91 Å². The summed E-state index contributed by atoms with van der Waals surface area (Å²) in [5.41, 5.74) is 9.02. The quantitative estimate of drug-likeness (QED) is 0.312. The lowest BCUT2D eigenvalue weighted by molar-refractivity contribution is 0.100. The van der Waals surface area contributed by atoms with Gasteiger partial charge in [0.2, 0.25) is 5.91 Å². The Kier molecular flexibility index (Phi) is 9.78. The molecule has 0 spiro atoms. The van der Waals surface area contributed by atoms with Crippen molar-refractivity contribution in [1.82, 2.24) is 10.6 Å². The molecule has 0 aromatic heterocycles. The summed E-state index contributed by atoms with van der Waals surface area (Å²) in [6.45, 7) is 7.27. The van der Waals surface area contributed by atoms with E-state index in [1.165, 1.54) is 0 Å². The SMILES string of the molecule is CN=C(NCc1ccc(C(N)=O)cc1)NCc1ccc(C)cc1OC(C)C.I. The van der Waals surface area contributed by atoms with Crippen molar-refractivity contribution in [2.24, 2.45) is 10.7 Å². The first-order chi connectivity index (χ1) is 12.9. The number of rotatable bonds is 7. The Labute approximate surface area is 184 Å². The fourth-order valence-corrected chi connectivity index (χ4v) is 2.54. The molecule has 0 bridgehead atoms. The predicted molar refractivity (Wildman–Crippen MR) is 124 cm³/mol. The van der Waals surface area contributed by atoms with Crippen LogP contribution >= 0.6 is 24.0 Å². The van der Waals surface area contributed by atoms with E-state index in [1.54, 1.807) is 19.2 Å². The fraction of sp³-hybridized carbons (Fsp3) is 0.333. The minimum atomic E-state index is -0.426. The molecule has 0 fully saturated rings. The summed E-state index contributed by atoms with van der Waals surface area (Å²) in [6.07, 6.45) is 0.117. The van der Waals surface area contributed by atoms with E-state index in [1.807, 2.05) is 39.0 Å². The topological polar surface area (TPSA) is 88.7 Å². The van der Waals surface area contributed by atoms with Gasteiger partial charge in [0, 0.05) is 31.3 Å². The van der Waals surface area contributed by atoms with Crippen LogP contribution in [0.15, 0.2) is 47.5 Å². The van der Waals surface area contributed by atoms with Gasteiger partial charge in [-0.2, -0.15) is 0 Å². The average molecular weight is 496 g/mol. The van der Waals surface area contributed by atoms with Gasteiger partial charge in [0.05, 0.1) is 6.10 Å². The third-order valence-electron chi connectivity index (χ3n) is 3.95. The first kappa shape index (κ1) is 23.7. The molecule has 2 aromatic carbocycles. The minimum absolute atomic E-state index is 0. The molecule has 7 heteroatoms. The second-order valence-corrected chi connectivity index (χ2v) is 6.62. The van der Waals surface area contributed by atoms with Crippen molar-refractivity contribution in [1.29, 1.82) is 0 Å². The number of guanidine groups is 1. The summed E-state index contributed by atoms with van der Waals surface area (Å²) < 4.78 is 5.91. The van der Waals surface area contributed by atoms with Gasteiger partial charge in [-0.1, -0.05) is 24.3 Å². The third kappa shape index (κ3) is 7.38. The van der Waals surface area contributed by atoms with Crippen LogP contribution in [0.2, 0.25) is 0 Å². The highest BCUT2D eigenvalue weighted by Crippen LogP contribution is 2.21. The number of hydrogen-bond acceptors (Lipinski definition) is 3. The summed E-state index contributed by atoms with van der Waals surface area (Å²) in [5, 5.41) is 6.56. The zero-order valence-electron chi connectivity index (χ0n) is 16.8. The van der Waals surface area contributed by atoms with Crippen LogP contribution in [0.5, 0.6) is 5.75 Å². The number of halogens is 1. The highest BCUT2D eigenvalue weighted by molar-refractivity contribution is 14.0. The molecule has 0 saturated heterocycles. The van der Waals surface area contributed by atoms with Crippen molar-refractivity contribution in [2.75, 3.05) is 7.05 Å². The van der Waals surface area contributed by atoms with E-state index in [0.29, 0.717) is 24.6 Å². The van der Waals surface area contributed by atoms with Gasteiger partial charge < -0.3 is 21.1 Å². The van der Waals surface area contributed by atoms with Gasteiger partial charge in [-0.15, -0.1) is 24.0 Å². The molecule has 2 rings (SSSR count). The van der Waals surface area contributed by atoms with Crippen molar-refractivity contribution in [3.05, 3.63) is 64.7 Å². The van der Waals surface area contributed by atoms with Crippen LogP contribution in [-0.4, -0.2) is 25.0 Å². The van der Waals surface area contributed by atoms with Crippen molar-refractivity contribution < 1.29 is 9.53 Å². The van der Waals surface area contributed by atoms with E-state index in [0.717, 1.165) is 22.4 Å². The lowest BCUT2D eigenvalue weighted by Crippen LogP contribution is -2.36. The molecule has 28 heavy (non-hydrogen) atoms. The van der Waals surface area contributed by atoms with Crippen molar-refractivity contribution in [3.8, 4) is 5.75 Å². The van der Waals surface area contributed by atoms with Crippen LogP contribution in [0, 0.1) is 6.92 Å².